The predicted molar refractivity (Wildman–Crippen MR) is 181 cm³/mol. The number of H-pyrrole nitrogens is 1. The van der Waals surface area contributed by atoms with Crippen LogP contribution in [0.3, 0.4) is 0 Å². The minimum absolute atomic E-state index is 0.00670. The van der Waals surface area contributed by atoms with E-state index < -0.39 is 44.7 Å². The van der Waals surface area contributed by atoms with Crippen LogP contribution in [0.15, 0.2) is 49.1 Å². The third-order valence-corrected chi connectivity index (χ3v) is 12.4. The highest BCUT2D eigenvalue weighted by atomic mass is 35.5. The van der Waals surface area contributed by atoms with Gasteiger partial charge in [-0.05, 0) is 24.3 Å². The summed E-state index contributed by atoms with van der Waals surface area (Å²) in [5, 5.41) is 10.6. The van der Waals surface area contributed by atoms with E-state index in [1.165, 1.54) is 6.07 Å². The highest BCUT2D eigenvalue weighted by Crippen LogP contribution is 2.66. The smallest absolute Gasteiger partial charge is 0.343 e. The summed E-state index contributed by atoms with van der Waals surface area (Å²) < 4.78 is 61.0. The fourth-order valence-corrected chi connectivity index (χ4v) is 8.51. The van der Waals surface area contributed by atoms with Gasteiger partial charge in [0.05, 0.1) is 30.7 Å². The van der Waals surface area contributed by atoms with Gasteiger partial charge < -0.3 is 43.8 Å². The number of rotatable bonds is 13. The van der Waals surface area contributed by atoms with Crippen LogP contribution in [0.25, 0.3) is 22.3 Å². The third kappa shape index (κ3) is 8.20. The van der Waals surface area contributed by atoms with Crippen molar-refractivity contribution < 1.29 is 51.4 Å². The van der Waals surface area contributed by atoms with Crippen molar-refractivity contribution in [1.82, 2.24) is 20.2 Å². The number of nitrogens with one attached hydrogen (secondary N) is 3. The third-order valence-electron chi connectivity index (χ3n) is 7.42. The van der Waals surface area contributed by atoms with Crippen LogP contribution in [-0.2, 0) is 32.5 Å². The molecule has 4 aromatic rings. The zero-order valence-corrected chi connectivity index (χ0v) is 29.0. The first-order valence-electron chi connectivity index (χ1n) is 14.6. The van der Waals surface area contributed by atoms with E-state index in [0.29, 0.717) is 22.3 Å². The van der Waals surface area contributed by atoms with Crippen molar-refractivity contribution in [3.8, 4) is 17.0 Å². The maximum absolute atomic E-state index is 15.9. The van der Waals surface area contributed by atoms with Crippen LogP contribution in [0.5, 0.6) is 5.75 Å². The summed E-state index contributed by atoms with van der Waals surface area (Å²) in [6.45, 7) is 4.41. The van der Waals surface area contributed by atoms with Gasteiger partial charge in [0.2, 0.25) is 11.9 Å². The number of carbonyl (C=O) groups excluding carboxylic acids is 2. The van der Waals surface area contributed by atoms with Gasteiger partial charge in [0.25, 0.3) is 0 Å². The molecule has 2 aromatic carbocycles. The van der Waals surface area contributed by atoms with E-state index in [1.807, 2.05) is 0 Å². The first kappa shape index (κ1) is 37.0. The molecule has 0 radical (unpaired) electrons. The van der Waals surface area contributed by atoms with E-state index in [1.54, 1.807) is 29.2 Å². The molecule has 5 N–H and O–H groups in total. The second-order valence-electron chi connectivity index (χ2n) is 10.6. The number of morpholine rings is 1. The zero-order chi connectivity index (χ0) is 36.2. The lowest BCUT2D eigenvalue weighted by atomic mass is 10.1. The van der Waals surface area contributed by atoms with Gasteiger partial charge in [-0.1, -0.05) is 30.3 Å². The Morgan fingerprint density at radius 1 is 1.14 bits per heavy atom. The molecule has 3 heterocycles. The summed E-state index contributed by atoms with van der Waals surface area (Å²) in [4.78, 5) is 56.0. The molecule has 1 aliphatic heterocycles. The molecule has 5 rings (SSSR count). The molecular weight excluding hydrogens is 723 g/mol. The number of halogens is 2. The number of anilines is 4. The number of benzene rings is 2. The second-order valence-corrected chi connectivity index (χ2v) is 15.6. The van der Waals surface area contributed by atoms with Gasteiger partial charge in [0.15, 0.2) is 22.6 Å². The molecule has 1 fully saturated rings. The number of hydrogen-bond donors (Lipinski definition) is 5. The zero-order valence-electron chi connectivity index (χ0n) is 26.5. The maximum Gasteiger partial charge on any atom is 0.343 e. The predicted octanol–water partition coefficient (Wildman–Crippen LogP) is 4.80. The van der Waals surface area contributed by atoms with Crippen LogP contribution in [0.4, 0.5) is 27.4 Å². The first-order chi connectivity index (χ1) is 23.8. The number of esters is 1. The number of carbonyl (C=O) groups is 2. The number of aromatic amines is 1. The van der Waals surface area contributed by atoms with Crippen LogP contribution >= 0.6 is 26.8 Å². The van der Waals surface area contributed by atoms with E-state index in [0.717, 1.165) is 26.4 Å². The number of nitrogens with zero attached hydrogens (tertiary/aromatic N) is 4. The topological polar surface area (TPSA) is 227 Å². The van der Waals surface area contributed by atoms with E-state index >= 15 is 4.39 Å². The molecule has 21 heteroatoms. The summed E-state index contributed by atoms with van der Waals surface area (Å²) in [6.07, 6.45) is 0.0214. The van der Waals surface area contributed by atoms with E-state index in [-0.39, 0.29) is 60.2 Å². The van der Waals surface area contributed by atoms with Gasteiger partial charge in [-0.15, -0.1) is 0 Å². The fraction of sp³-hybridized carbons (Fsp3) is 0.276. The van der Waals surface area contributed by atoms with Gasteiger partial charge in [0.1, 0.15) is 10.8 Å². The second kappa shape index (κ2) is 15.3. The summed E-state index contributed by atoms with van der Waals surface area (Å²) in [5.74, 6) is -2.92. The molecule has 2 unspecified atom stereocenters. The van der Waals surface area contributed by atoms with Gasteiger partial charge in [-0.3, -0.25) is 23.8 Å². The lowest BCUT2D eigenvalue weighted by Crippen LogP contribution is -2.37. The number of amides is 1. The molecule has 50 heavy (non-hydrogen) atoms. The lowest BCUT2D eigenvalue weighted by molar-refractivity contribution is -0.134. The molecule has 0 bridgehead atoms. The average molecular weight is 754 g/mol. The van der Waals surface area contributed by atoms with Crippen LogP contribution in [0, 0.1) is 5.82 Å². The highest BCUT2D eigenvalue weighted by molar-refractivity contribution is 7.71. The number of hydrogen-bond acceptors (Lipinski definition) is 13. The minimum atomic E-state index is -4.86. The summed E-state index contributed by atoms with van der Waals surface area (Å²) >= 11 is 6.38. The normalized spacial score (nSPS) is 16.2. The van der Waals surface area contributed by atoms with Crippen molar-refractivity contribution in [2.24, 2.45) is 0 Å². The van der Waals surface area contributed by atoms with Crippen molar-refractivity contribution in [3.63, 3.8) is 0 Å². The maximum atomic E-state index is 15.9. The quantitative estimate of drug-likeness (QED) is 0.0535. The summed E-state index contributed by atoms with van der Waals surface area (Å²) in [6, 6.07) is 9.07. The molecule has 2 aromatic heterocycles. The standard InChI is InChI=1S/C29H31ClFN7O10P2/c1-4-21(39)32-17-7-5-6-16(12-17)25-24-27(30)36-37-28(24)35-29(34-25)33-18-13-19(31)26(38-8-10-47-11-9-38)20(14-18)48-22(40)15-23(49(41,42)45-2)50(43,44)46-3/h4-7,12-14,23H,1,8-11,15H2,2-3H3,(H,32,39)(H,41,42)(H,43,44)(H2,33,34,35,36,37). The largest absolute Gasteiger partial charge is 0.424 e. The average Bonchev–Trinajstić information content (AvgIpc) is 3.47. The Balaban J connectivity index is 1.53. The Morgan fingerprint density at radius 3 is 2.50 bits per heavy atom. The van der Waals surface area contributed by atoms with Crippen molar-refractivity contribution in [2.75, 3.05) is 56.1 Å². The molecule has 266 valence electrons. The van der Waals surface area contributed by atoms with Crippen LogP contribution in [0.1, 0.15) is 6.42 Å². The molecule has 0 aliphatic carbocycles. The molecule has 1 amide bonds. The molecule has 2 atom stereocenters. The summed E-state index contributed by atoms with van der Waals surface area (Å²) in [7, 11) is -8.05. The minimum Gasteiger partial charge on any atom is -0.424 e. The van der Waals surface area contributed by atoms with Gasteiger partial charge >= 0.3 is 21.2 Å². The van der Waals surface area contributed by atoms with E-state index in [4.69, 9.17) is 21.1 Å². The Morgan fingerprint density at radius 2 is 1.84 bits per heavy atom. The molecule has 1 aliphatic rings. The lowest BCUT2D eigenvalue weighted by Gasteiger charge is -2.30. The molecule has 0 saturated carbocycles. The van der Waals surface area contributed by atoms with Gasteiger partial charge in [-0.25, -0.2) is 9.37 Å². The SMILES string of the molecule is C=CC(=O)Nc1cccc(-c2nc(Nc3cc(F)c(N4CCOCC4)c(OC(=O)CC(P(=O)(O)OC)P(=O)(O)OC)c3)nc3n[nH]c(Cl)c23)c1. The van der Waals surface area contributed by atoms with Crippen molar-refractivity contribution in [2.45, 2.75) is 11.8 Å². The Bertz CT molecular complexity index is 2020. The first-order valence-corrected chi connectivity index (χ1v) is 18.3. The number of ether oxygens (including phenoxy) is 2. The van der Waals surface area contributed by atoms with Crippen molar-refractivity contribution in [3.05, 3.63) is 60.0 Å². The Labute approximate surface area is 288 Å². The summed E-state index contributed by atoms with van der Waals surface area (Å²) in [5.41, 5.74) is 1.27. The van der Waals surface area contributed by atoms with Gasteiger partial charge in [0, 0.05) is 50.3 Å². The fourth-order valence-electron chi connectivity index (χ4n) is 5.01. The van der Waals surface area contributed by atoms with Crippen molar-refractivity contribution >= 4 is 72.7 Å². The van der Waals surface area contributed by atoms with Crippen LogP contribution < -0.4 is 20.3 Å². The monoisotopic (exact) mass is 753 g/mol. The molecule has 17 nitrogen and oxygen atoms in total. The molecule has 0 spiro atoms. The molecular formula is C29H31ClFN7O10P2. The number of aromatic nitrogens is 4. The number of fused-ring (bicyclic) bond motifs is 1. The van der Waals surface area contributed by atoms with Crippen molar-refractivity contribution in [1.29, 1.82) is 0 Å². The Hall–Kier alpha value is -4.25. The van der Waals surface area contributed by atoms with Crippen LogP contribution in [0.2, 0.25) is 5.15 Å². The van der Waals surface area contributed by atoms with Gasteiger partial charge in [-0.2, -0.15) is 10.1 Å². The van der Waals surface area contributed by atoms with E-state index in [2.05, 4.69) is 46.4 Å². The van der Waals surface area contributed by atoms with Crippen LogP contribution in [-0.4, -0.2) is 87.8 Å². The molecule has 1 saturated heterocycles. The highest BCUT2D eigenvalue weighted by Gasteiger charge is 2.48. The van der Waals surface area contributed by atoms with E-state index in [9.17, 15) is 28.5 Å². The Kier molecular flexibility index (Phi) is 11.3.